The SMILES string of the molecule is CC.CCNC(=O)c1ccc2nc(-c3ccc(F)cc3)c(-c3cccs3)nc2c1.CN1CCN(C(=O)c2ccc3nc(-c4cccs4)cnc3c2)CC1. The zero-order chi connectivity index (χ0) is 37.3. The van der Waals surface area contributed by atoms with Crippen molar-refractivity contribution in [3.8, 4) is 32.4 Å². The molecule has 1 fully saturated rings. The molecule has 8 rings (SSSR count). The van der Waals surface area contributed by atoms with E-state index in [0.717, 1.165) is 63.9 Å². The quantitative estimate of drug-likeness (QED) is 0.182. The number of carbonyl (C=O) groups is 2. The van der Waals surface area contributed by atoms with E-state index in [0.29, 0.717) is 34.4 Å². The van der Waals surface area contributed by atoms with Gasteiger partial charge >= 0.3 is 0 Å². The number of benzene rings is 3. The summed E-state index contributed by atoms with van der Waals surface area (Å²) in [7, 11) is 2.08. The van der Waals surface area contributed by atoms with Gasteiger partial charge in [-0.25, -0.2) is 19.3 Å². The highest BCUT2D eigenvalue weighted by molar-refractivity contribution is 7.13. The molecule has 0 saturated carbocycles. The summed E-state index contributed by atoms with van der Waals surface area (Å²) in [4.78, 5) is 49.7. The number of nitrogens with zero attached hydrogens (tertiary/aromatic N) is 6. The first-order valence-corrected chi connectivity index (χ1v) is 19.3. The van der Waals surface area contributed by atoms with Gasteiger partial charge in [-0.05, 0) is 97.5 Å². The Labute approximate surface area is 316 Å². The summed E-state index contributed by atoms with van der Waals surface area (Å²) in [5.74, 6) is -0.354. The van der Waals surface area contributed by atoms with Gasteiger partial charge in [-0.3, -0.25) is 14.6 Å². The largest absolute Gasteiger partial charge is 0.352 e. The molecule has 1 aliphatic heterocycles. The van der Waals surface area contributed by atoms with E-state index < -0.39 is 0 Å². The van der Waals surface area contributed by atoms with E-state index in [-0.39, 0.29) is 17.6 Å². The Hall–Kier alpha value is -5.43. The van der Waals surface area contributed by atoms with Crippen molar-refractivity contribution >= 4 is 56.6 Å². The predicted octanol–water partition coefficient (Wildman–Crippen LogP) is 8.69. The minimum atomic E-state index is -0.295. The molecule has 0 unspecified atom stereocenters. The van der Waals surface area contributed by atoms with Crippen LogP contribution in [0, 0.1) is 5.82 Å². The van der Waals surface area contributed by atoms with Crippen molar-refractivity contribution < 1.29 is 14.0 Å². The van der Waals surface area contributed by atoms with E-state index >= 15 is 0 Å². The average molecular weight is 746 g/mol. The maximum absolute atomic E-state index is 13.3. The number of nitrogens with one attached hydrogen (secondary N) is 1. The molecule has 0 atom stereocenters. The molecule has 53 heavy (non-hydrogen) atoms. The first kappa shape index (κ1) is 37.3. The monoisotopic (exact) mass is 745 g/mol. The first-order valence-electron chi connectivity index (χ1n) is 17.5. The molecular weight excluding hydrogens is 706 g/mol. The van der Waals surface area contributed by atoms with Gasteiger partial charge in [0.25, 0.3) is 11.8 Å². The number of likely N-dealkylation sites (N-methyl/N-ethyl adjacent to an activating group) is 1. The van der Waals surface area contributed by atoms with E-state index in [1.165, 1.54) is 12.1 Å². The molecule has 270 valence electrons. The number of aromatic nitrogens is 4. The van der Waals surface area contributed by atoms with Crippen LogP contribution in [0.2, 0.25) is 0 Å². The minimum Gasteiger partial charge on any atom is -0.352 e. The maximum atomic E-state index is 13.3. The Balaban J connectivity index is 0.000000174. The molecule has 4 aromatic heterocycles. The minimum absolute atomic E-state index is 0.0779. The Bertz CT molecular complexity index is 2310. The molecule has 1 N–H and O–H groups in total. The van der Waals surface area contributed by atoms with Crippen molar-refractivity contribution in [2.75, 3.05) is 39.8 Å². The molecule has 1 aliphatic rings. The predicted molar refractivity (Wildman–Crippen MR) is 214 cm³/mol. The summed E-state index contributed by atoms with van der Waals surface area (Å²) in [5.41, 5.74) is 7.21. The molecule has 2 amide bonds. The number of piperazine rings is 1. The van der Waals surface area contributed by atoms with Crippen LogP contribution < -0.4 is 5.32 Å². The van der Waals surface area contributed by atoms with Crippen LogP contribution in [0.1, 0.15) is 41.5 Å². The van der Waals surface area contributed by atoms with Gasteiger partial charge in [0.2, 0.25) is 0 Å². The third-order valence-corrected chi connectivity index (χ3v) is 10.3. The van der Waals surface area contributed by atoms with Gasteiger partial charge in [0.05, 0.1) is 49.4 Å². The van der Waals surface area contributed by atoms with Crippen LogP contribution >= 0.6 is 22.7 Å². The third kappa shape index (κ3) is 8.79. The number of thiophene rings is 2. The summed E-state index contributed by atoms with van der Waals surface area (Å²) in [5, 5.41) is 6.79. The lowest BCUT2D eigenvalue weighted by Crippen LogP contribution is -2.47. The number of hydrogen-bond donors (Lipinski definition) is 1. The molecule has 9 nitrogen and oxygen atoms in total. The number of hydrogen-bond acceptors (Lipinski definition) is 9. The molecule has 7 aromatic rings. The molecule has 5 heterocycles. The molecular formula is C41H40FN7O2S2. The molecule has 12 heteroatoms. The van der Waals surface area contributed by atoms with Crippen molar-refractivity contribution in [2.24, 2.45) is 0 Å². The van der Waals surface area contributed by atoms with Crippen molar-refractivity contribution in [2.45, 2.75) is 20.8 Å². The Kier molecular flexibility index (Phi) is 12.2. The topological polar surface area (TPSA) is 104 Å². The summed E-state index contributed by atoms with van der Waals surface area (Å²) in [6, 6.07) is 25.1. The van der Waals surface area contributed by atoms with Crippen molar-refractivity contribution in [1.29, 1.82) is 0 Å². The van der Waals surface area contributed by atoms with Crippen LogP contribution in [0.5, 0.6) is 0 Å². The highest BCUT2D eigenvalue weighted by Crippen LogP contribution is 2.34. The number of amides is 2. The van der Waals surface area contributed by atoms with Gasteiger partial charge in [0.1, 0.15) is 11.5 Å². The lowest BCUT2D eigenvalue weighted by molar-refractivity contribution is 0.0664. The van der Waals surface area contributed by atoms with Gasteiger partial charge in [-0.2, -0.15) is 0 Å². The van der Waals surface area contributed by atoms with E-state index in [1.54, 1.807) is 59.2 Å². The molecule has 0 spiro atoms. The molecule has 1 saturated heterocycles. The zero-order valence-corrected chi connectivity index (χ0v) is 31.7. The van der Waals surface area contributed by atoms with E-state index in [1.807, 2.05) is 78.9 Å². The lowest BCUT2D eigenvalue weighted by atomic mass is 10.1. The lowest BCUT2D eigenvalue weighted by Gasteiger charge is -2.32. The Morgan fingerprint density at radius 1 is 0.736 bits per heavy atom. The van der Waals surface area contributed by atoms with Crippen LogP contribution in [0.15, 0.2) is 102 Å². The average Bonchev–Trinajstić information content (AvgIpc) is 3.95. The maximum Gasteiger partial charge on any atom is 0.254 e. The van der Waals surface area contributed by atoms with Gasteiger partial charge < -0.3 is 15.1 Å². The van der Waals surface area contributed by atoms with Crippen LogP contribution in [0.3, 0.4) is 0 Å². The first-order chi connectivity index (χ1) is 25.9. The second kappa shape index (κ2) is 17.4. The summed E-state index contributed by atoms with van der Waals surface area (Å²) >= 11 is 3.20. The molecule has 0 radical (unpaired) electrons. The summed E-state index contributed by atoms with van der Waals surface area (Å²) < 4.78 is 13.3. The van der Waals surface area contributed by atoms with Crippen LogP contribution in [-0.4, -0.2) is 81.3 Å². The van der Waals surface area contributed by atoms with Crippen molar-refractivity contribution in [3.05, 3.63) is 119 Å². The van der Waals surface area contributed by atoms with E-state index in [9.17, 15) is 14.0 Å². The Morgan fingerprint density at radius 3 is 2.02 bits per heavy atom. The fraction of sp³-hybridized carbons (Fsp3) is 0.220. The van der Waals surface area contributed by atoms with Crippen LogP contribution in [-0.2, 0) is 0 Å². The van der Waals surface area contributed by atoms with E-state index in [4.69, 9.17) is 9.97 Å². The van der Waals surface area contributed by atoms with Crippen LogP contribution in [0.25, 0.3) is 54.5 Å². The van der Waals surface area contributed by atoms with Crippen LogP contribution in [0.4, 0.5) is 4.39 Å². The van der Waals surface area contributed by atoms with E-state index in [2.05, 4.69) is 27.2 Å². The zero-order valence-electron chi connectivity index (χ0n) is 30.0. The smallest absolute Gasteiger partial charge is 0.254 e. The Morgan fingerprint density at radius 2 is 1.36 bits per heavy atom. The number of carbonyl (C=O) groups excluding carboxylic acids is 2. The normalized spacial score (nSPS) is 12.8. The van der Waals surface area contributed by atoms with Crippen molar-refractivity contribution in [3.63, 3.8) is 0 Å². The van der Waals surface area contributed by atoms with Gasteiger partial charge in [0, 0.05) is 49.4 Å². The van der Waals surface area contributed by atoms with Gasteiger partial charge in [-0.15, -0.1) is 22.7 Å². The van der Waals surface area contributed by atoms with Gasteiger partial charge in [-0.1, -0.05) is 26.0 Å². The molecule has 0 aliphatic carbocycles. The van der Waals surface area contributed by atoms with Gasteiger partial charge in [0.15, 0.2) is 0 Å². The second-order valence-corrected chi connectivity index (χ2v) is 13.9. The second-order valence-electron chi connectivity index (χ2n) is 12.0. The van der Waals surface area contributed by atoms with Crippen molar-refractivity contribution in [1.82, 2.24) is 35.1 Å². The third-order valence-electron chi connectivity index (χ3n) is 8.49. The summed E-state index contributed by atoms with van der Waals surface area (Å²) in [6.07, 6.45) is 1.78. The fourth-order valence-electron chi connectivity index (χ4n) is 5.73. The summed E-state index contributed by atoms with van der Waals surface area (Å²) in [6.45, 7) is 9.83. The number of rotatable bonds is 6. The number of halogens is 1. The molecule has 0 bridgehead atoms. The fourth-order valence-corrected chi connectivity index (χ4v) is 7.13. The molecule has 3 aromatic carbocycles. The number of fused-ring (bicyclic) bond motifs is 2. The standard InChI is InChI=1S/C21H16FN3OS.C18H18N4OS.C2H6/c1-2-23-21(26)14-7-10-16-17(12-14)25-20(18-4-3-11-27-18)19(24-16)13-5-8-15(22)9-6-13;1-21-6-8-22(9-7-21)18(23)13-4-5-14-15(11-13)19-12-16(20-14)17-3-2-10-24-17;1-2/h3-12H,2H2,1H3,(H,23,26);2-5,10-12H,6-9H2,1H3;1-2H3. The highest BCUT2D eigenvalue weighted by atomic mass is 32.1. The highest BCUT2D eigenvalue weighted by Gasteiger charge is 2.21.